The molecular formula is C17H14ClFO. The average Bonchev–Trinajstić information content (AvgIpc) is 2.46. The van der Waals surface area contributed by atoms with Gasteiger partial charge in [0.05, 0.1) is 5.02 Å². The van der Waals surface area contributed by atoms with Crippen LogP contribution in [0.4, 0.5) is 4.39 Å². The second kappa shape index (κ2) is 5.37. The van der Waals surface area contributed by atoms with Crippen molar-refractivity contribution in [3.05, 3.63) is 70.0 Å². The first-order valence-electron chi connectivity index (χ1n) is 6.74. The summed E-state index contributed by atoms with van der Waals surface area (Å²) in [6, 6.07) is 12.0. The molecular weight excluding hydrogens is 275 g/mol. The number of carbonyl (C=O) groups is 1. The zero-order valence-corrected chi connectivity index (χ0v) is 11.7. The number of hydrogen-bond acceptors (Lipinski definition) is 1. The van der Waals surface area contributed by atoms with Crippen LogP contribution in [0.15, 0.2) is 42.5 Å². The Labute approximate surface area is 122 Å². The fraction of sp³-hybridized carbons (Fsp3) is 0.235. The summed E-state index contributed by atoms with van der Waals surface area (Å²) >= 11 is 6.01. The van der Waals surface area contributed by atoms with Crippen LogP contribution in [0.5, 0.6) is 0 Å². The zero-order chi connectivity index (χ0) is 14.1. The minimum absolute atomic E-state index is 0.0119. The number of Topliss-reactive ketones (excluding diaryl/α,β-unsaturated/α-hetero) is 1. The van der Waals surface area contributed by atoms with E-state index in [4.69, 9.17) is 11.6 Å². The van der Waals surface area contributed by atoms with Crippen LogP contribution in [0.3, 0.4) is 0 Å². The van der Waals surface area contributed by atoms with Gasteiger partial charge in [-0.25, -0.2) is 4.39 Å². The van der Waals surface area contributed by atoms with E-state index < -0.39 is 5.82 Å². The molecule has 2 aromatic rings. The van der Waals surface area contributed by atoms with Gasteiger partial charge in [0.15, 0.2) is 5.78 Å². The summed E-state index contributed by atoms with van der Waals surface area (Å²) < 4.78 is 13.1. The number of carbonyl (C=O) groups excluding carboxylic acids is 1. The molecule has 0 heterocycles. The minimum atomic E-state index is -0.421. The zero-order valence-electron chi connectivity index (χ0n) is 10.9. The maximum atomic E-state index is 13.1. The molecule has 20 heavy (non-hydrogen) atoms. The molecule has 102 valence electrons. The predicted molar refractivity (Wildman–Crippen MR) is 77.9 cm³/mol. The smallest absolute Gasteiger partial charge is 0.171 e. The van der Waals surface area contributed by atoms with E-state index in [1.807, 2.05) is 18.2 Å². The largest absolute Gasteiger partial charge is 0.293 e. The molecule has 0 aromatic heterocycles. The molecule has 3 rings (SSSR count). The first-order chi connectivity index (χ1) is 9.66. The van der Waals surface area contributed by atoms with Crippen molar-refractivity contribution in [1.29, 1.82) is 0 Å². The minimum Gasteiger partial charge on any atom is -0.293 e. The van der Waals surface area contributed by atoms with Crippen molar-refractivity contribution in [3.8, 4) is 0 Å². The molecule has 0 saturated carbocycles. The van der Waals surface area contributed by atoms with Gasteiger partial charge in [0.25, 0.3) is 0 Å². The van der Waals surface area contributed by atoms with Gasteiger partial charge in [-0.05, 0) is 48.6 Å². The van der Waals surface area contributed by atoms with E-state index in [1.165, 1.54) is 23.8 Å². The molecule has 1 nitrogen and oxygen atoms in total. The molecule has 0 N–H and O–H groups in total. The van der Waals surface area contributed by atoms with Gasteiger partial charge in [-0.3, -0.25) is 4.79 Å². The van der Waals surface area contributed by atoms with Crippen LogP contribution in [0.2, 0.25) is 5.02 Å². The molecule has 0 bridgehead atoms. The molecule has 0 saturated heterocycles. The van der Waals surface area contributed by atoms with Crippen molar-refractivity contribution in [2.24, 2.45) is 0 Å². The van der Waals surface area contributed by atoms with Crippen LogP contribution in [-0.4, -0.2) is 5.78 Å². The third-order valence-corrected chi connectivity index (χ3v) is 4.20. The molecule has 1 aliphatic carbocycles. The Bertz CT molecular complexity index is 666. The van der Waals surface area contributed by atoms with Gasteiger partial charge >= 0.3 is 0 Å². The number of hydrogen-bond donors (Lipinski definition) is 0. The summed E-state index contributed by atoms with van der Waals surface area (Å²) in [4.78, 5) is 12.7. The van der Waals surface area contributed by atoms with Crippen LogP contribution in [-0.2, 0) is 6.42 Å². The summed E-state index contributed by atoms with van der Waals surface area (Å²) in [7, 11) is 0. The van der Waals surface area contributed by atoms with Crippen LogP contribution in [0.25, 0.3) is 0 Å². The number of fused-ring (bicyclic) bond motifs is 1. The lowest BCUT2D eigenvalue weighted by Crippen LogP contribution is -2.19. The standard InChI is InChI=1S/C17H14ClFO/c18-16-10-12(19)8-9-15(16)17(20)14-7-3-5-11-4-1-2-6-13(11)14/h1-2,4,6,8-10,14H,3,5,7H2. The monoisotopic (exact) mass is 288 g/mol. The normalized spacial score (nSPS) is 17.6. The number of rotatable bonds is 2. The highest BCUT2D eigenvalue weighted by Crippen LogP contribution is 2.35. The van der Waals surface area contributed by atoms with Crippen molar-refractivity contribution in [2.75, 3.05) is 0 Å². The van der Waals surface area contributed by atoms with Crippen molar-refractivity contribution in [1.82, 2.24) is 0 Å². The van der Waals surface area contributed by atoms with E-state index in [1.54, 1.807) is 0 Å². The van der Waals surface area contributed by atoms with E-state index in [0.29, 0.717) is 5.56 Å². The Balaban J connectivity index is 2.00. The van der Waals surface area contributed by atoms with Crippen LogP contribution >= 0.6 is 11.6 Å². The van der Waals surface area contributed by atoms with Crippen molar-refractivity contribution >= 4 is 17.4 Å². The summed E-state index contributed by atoms with van der Waals surface area (Å²) in [6.07, 6.45) is 2.83. The molecule has 0 radical (unpaired) electrons. The molecule has 1 unspecified atom stereocenters. The highest BCUT2D eigenvalue weighted by atomic mass is 35.5. The van der Waals surface area contributed by atoms with E-state index in [2.05, 4.69) is 6.07 Å². The summed E-state index contributed by atoms with van der Waals surface area (Å²) in [5, 5.41) is 0.193. The molecule has 3 heteroatoms. The first-order valence-corrected chi connectivity index (χ1v) is 7.11. The SMILES string of the molecule is O=C(c1ccc(F)cc1Cl)C1CCCc2ccccc21. The van der Waals surface area contributed by atoms with Gasteiger partial charge in [-0.1, -0.05) is 35.9 Å². The van der Waals surface area contributed by atoms with E-state index in [-0.39, 0.29) is 16.7 Å². The molecule has 0 aliphatic heterocycles. The molecule has 0 fully saturated rings. The third-order valence-electron chi connectivity index (χ3n) is 3.88. The fourth-order valence-electron chi connectivity index (χ4n) is 2.90. The van der Waals surface area contributed by atoms with Gasteiger partial charge < -0.3 is 0 Å². The molecule has 0 amide bonds. The number of benzene rings is 2. The van der Waals surface area contributed by atoms with Crippen molar-refractivity contribution in [3.63, 3.8) is 0 Å². The number of aryl methyl sites for hydroxylation is 1. The van der Waals surface area contributed by atoms with E-state index in [9.17, 15) is 9.18 Å². The van der Waals surface area contributed by atoms with Gasteiger partial charge in [-0.2, -0.15) is 0 Å². The van der Waals surface area contributed by atoms with Crippen LogP contribution in [0, 0.1) is 5.82 Å². The quantitative estimate of drug-likeness (QED) is 0.727. The highest BCUT2D eigenvalue weighted by molar-refractivity contribution is 6.34. The molecule has 2 aromatic carbocycles. The summed E-state index contributed by atoms with van der Waals surface area (Å²) in [5.74, 6) is -0.597. The van der Waals surface area contributed by atoms with Crippen LogP contribution in [0.1, 0.15) is 40.2 Å². The van der Waals surface area contributed by atoms with E-state index >= 15 is 0 Å². The first kappa shape index (κ1) is 13.3. The lowest BCUT2D eigenvalue weighted by molar-refractivity contribution is 0.0951. The Morgan fingerprint density at radius 3 is 2.80 bits per heavy atom. The topological polar surface area (TPSA) is 17.1 Å². The second-order valence-corrected chi connectivity index (χ2v) is 5.54. The Hall–Kier alpha value is -1.67. The van der Waals surface area contributed by atoms with Gasteiger partial charge in [0, 0.05) is 11.5 Å². The maximum absolute atomic E-state index is 13.1. The highest BCUT2D eigenvalue weighted by Gasteiger charge is 2.28. The van der Waals surface area contributed by atoms with Crippen LogP contribution < -0.4 is 0 Å². The summed E-state index contributed by atoms with van der Waals surface area (Å²) in [5.41, 5.74) is 2.73. The average molecular weight is 289 g/mol. The number of ketones is 1. The van der Waals surface area contributed by atoms with E-state index in [0.717, 1.165) is 24.8 Å². The summed E-state index contributed by atoms with van der Waals surface area (Å²) in [6.45, 7) is 0. The predicted octanol–water partition coefficient (Wildman–Crippen LogP) is 4.78. The van der Waals surface area contributed by atoms with Crippen molar-refractivity contribution < 1.29 is 9.18 Å². The van der Waals surface area contributed by atoms with Gasteiger partial charge in [0.1, 0.15) is 5.82 Å². The second-order valence-electron chi connectivity index (χ2n) is 5.13. The Kier molecular flexibility index (Phi) is 3.58. The van der Waals surface area contributed by atoms with Crippen molar-refractivity contribution in [2.45, 2.75) is 25.2 Å². The van der Waals surface area contributed by atoms with Gasteiger partial charge in [-0.15, -0.1) is 0 Å². The lowest BCUT2D eigenvalue weighted by atomic mass is 9.79. The fourth-order valence-corrected chi connectivity index (χ4v) is 3.16. The van der Waals surface area contributed by atoms with Gasteiger partial charge in [0.2, 0.25) is 0 Å². The maximum Gasteiger partial charge on any atom is 0.171 e. The third kappa shape index (κ3) is 2.36. The Morgan fingerprint density at radius 1 is 1.20 bits per heavy atom. The Morgan fingerprint density at radius 2 is 2.00 bits per heavy atom. The molecule has 1 atom stereocenters. The molecule has 1 aliphatic rings. The molecule has 0 spiro atoms. The number of halogens is 2. The lowest BCUT2D eigenvalue weighted by Gasteiger charge is -2.24.